The van der Waals surface area contributed by atoms with Gasteiger partial charge in [0.05, 0.1) is 11.7 Å². The van der Waals surface area contributed by atoms with E-state index in [-0.39, 0.29) is 0 Å². The van der Waals surface area contributed by atoms with Crippen molar-refractivity contribution in [2.24, 2.45) is 5.92 Å². The molecule has 2 N–H and O–H groups in total. The Bertz CT molecular complexity index is 376. The summed E-state index contributed by atoms with van der Waals surface area (Å²) >= 11 is 0. The maximum Gasteiger partial charge on any atom is 0.125 e. The van der Waals surface area contributed by atoms with Crippen molar-refractivity contribution in [3.63, 3.8) is 0 Å². The van der Waals surface area contributed by atoms with Crippen LogP contribution in [-0.4, -0.2) is 9.78 Å². The van der Waals surface area contributed by atoms with Gasteiger partial charge < -0.3 is 5.73 Å². The van der Waals surface area contributed by atoms with Crippen molar-refractivity contribution in [1.29, 1.82) is 0 Å². The lowest BCUT2D eigenvalue weighted by atomic mass is 9.98. The predicted molar refractivity (Wildman–Crippen MR) is 60.7 cm³/mol. The van der Waals surface area contributed by atoms with Gasteiger partial charge in [-0.1, -0.05) is 0 Å². The average molecular weight is 205 g/mol. The molecule has 0 amide bonds. The first-order valence-corrected chi connectivity index (χ1v) is 6.13. The molecule has 1 saturated carbocycles. The summed E-state index contributed by atoms with van der Waals surface area (Å²) in [7, 11) is 0. The van der Waals surface area contributed by atoms with Gasteiger partial charge in [-0.15, -0.1) is 0 Å². The Hall–Kier alpha value is -0.990. The zero-order valence-electron chi connectivity index (χ0n) is 9.37. The van der Waals surface area contributed by atoms with Crippen molar-refractivity contribution in [1.82, 2.24) is 9.78 Å². The van der Waals surface area contributed by atoms with Crippen LogP contribution >= 0.6 is 0 Å². The molecule has 0 spiro atoms. The lowest BCUT2D eigenvalue weighted by molar-refractivity contribution is 0.442. The van der Waals surface area contributed by atoms with Crippen LogP contribution < -0.4 is 5.73 Å². The van der Waals surface area contributed by atoms with Crippen LogP contribution in [0.1, 0.15) is 49.9 Å². The molecule has 1 aromatic heterocycles. The molecule has 2 aliphatic rings. The number of nitrogens with two attached hydrogens (primary N) is 1. The van der Waals surface area contributed by atoms with E-state index in [1.807, 2.05) is 0 Å². The monoisotopic (exact) mass is 205 g/mol. The smallest absolute Gasteiger partial charge is 0.125 e. The highest BCUT2D eigenvalue weighted by Gasteiger charge is 2.32. The molecule has 82 valence electrons. The molecule has 1 unspecified atom stereocenters. The van der Waals surface area contributed by atoms with Crippen LogP contribution in [0.3, 0.4) is 0 Å². The fourth-order valence-corrected chi connectivity index (χ4v) is 2.69. The fourth-order valence-electron chi connectivity index (χ4n) is 2.69. The van der Waals surface area contributed by atoms with Crippen molar-refractivity contribution in [2.75, 3.05) is 5.73 Å². The van der Waals surface area contributed by atoms with Crippen molar-refractivity contribution >= 4 is 5.82 Å². The Kier molecular flexibility index (Phi) is 2.01. The van der Waals surface area contributed by atoms with Gasteiger partial charge in [-0.05, 0) is 51.4 Å². The van der Waals surface area contributed by atoms with Crippen molar-refractivity contribution in [3.8, 4) is 0 Å². The first-order chi connectivity index (χ1) is 7.27. The number of hydrogen-bond acceptors (Lipinski definition) is 2. The number of anilines is 1. The van der Waals surface area contributed by atoms with Crippen LogP contribution in [0.15, 0.2) is 0 Å². The Balaban J connectivity index is 1.97. The third-order valence-electron chi connectivity index (χ3n) is 3.91. The summed E-state index contributed by atoms with van der Waals surface area (Å²) in [6.07, 6.45) is 7.53. The standard InChI is InChI=1S/C12H19N3/c1-8(9-6-7-9)15-12(13)10-4-2-3-5-11(10)14-15/h8-9H,2-7,13H2,1H3. The summed E-state index contributed by atoms with van der Waals surface area (Å²) in [5, 5.41) is 4.70. The van der Waals surface area contributed by atoms with Crippen LogP contribution in [0, 0.1) is 5.92 Å². The van der Waals surface area contributed by atoms with E-state index >= 15 is 0 Å². The third-order valence-corrected chi connectivity index (χ3v) is 3.91. The van der Waals surface area contributed by atoms with E-state index in [1.54, 1.807) is 0 Å². The van der Waals surface area contributed by atoms with Gasteiger partial charge in [0.2, 0.25) is 0 Å². The number of nitrogen functional groups attached to an aromatic ring is 1. The minimum absolute atomic E-state index is 0.510. The predicted octanol–water partition coefficient (Wildman–Crippen LogP) is 2.32. The molecule has 0 aromatic carbocycles. The second-order valence-corrected chi connectivity index (χ2v) is 5.04. The zero-order valence-corrected chi connectivity index (χ0v) is 9.37. The van der Waals surface area contributed by atoms with E-state index in [9.17, 15) is 0 Å². The summed E-state index contributed by atoms with van der Waals surface area (Å²) in [5.41, 5.74) is 8.80. The maximum atomic E-state index is 6.19. The van der Waals surface area contributed by atoms with Crippen molar-refractivity contribution in [3.05, 3.63) is 11.3 Å². The Morgan fingerprint density at radius 2 is 2.07 bits per heavy atom. The first-order valence-electron chi connectivity index (χ1n) is 6.13. The summed E-state index contributed by atoms with van der Waals surface area (Å²) < 4.78 is 2.09. The molecule has 0 aliphatic heterocycles. The summed E-state index contributed by atoms with van der Waals surface area (Å²) in [6.45, 7) is 2.26. The number of rotatable bonds is 2. The lowest BCUT2D eigenvalue weighted by Gasteiger charge is -2.12. The van der Waals surface area contributed by atoms with E-state index in [4.69, 9.17) is 10.8 Å². The van der Waals surface area contributed by atoms with Crippen LogP contribution in [0.25, 0.3) is 0 Å². The second-order valence-electron chi connectivity index (χ2n) is 5.04. The van der Waals surface area contributed by atoms with Gasteiger partial charge >= 0.3 is 0 Å². The van der Waals surface area contributed by atoms with E-state index in [0.29, 0.717) is 6.04 Å². The first kappa shape index (κ1) is 9.25. The largest absolute Gasteiger partial charge is 0.384 e. The van der Waals surface area contributed by atoms with Gasteiger partial charge in [0.25, 0.3) is 0 Å². The molecule has 1 atom stereocenters. The zero-order chi connectivity index (χ0) is 10.4. The molecule has 0 saturated heterocycles. The van der Waals surface area contributed by atoms with Crippen LogP contribution in [0.5, 0.6) is 0 Å². The fraction of sp³-hybridized carbons (Fsp3) is 0.750. The van der Waals surface area contributed by atoms with Crippen molar-refractivity contribution in [2.45, 2.75) is 51.5 Å². The molecular weight excluding hydrogens is 186 g/mol. The quantitative estimate of drug-likeness (QED) is 0.805. The topological polar surface area (TPSA) is 43.8 Å². The van der Waals surface area contributed by atoms with Gasteiger partial charge in [-0.2, -0.15) is 5.10 Å². The number of aryl methyl sites for hydroxylation is 1. The average Bonchev–Trinajstić information content (AvgIpc) is 3.04. The van der Waals surface area contributed by atoms with E-state index in [0.717, 1.165) is 24.6 Å². The molecule has 3 nitrogen and oxygen atoms in total. The highest BCUT2D eigenvalue weighted by Crippen LogP contribution is 2.41. The summed E-state index contributed by atoms with van der Waals surface area (Å²) in [5.74, 6) is 1.78. The minimum Gasteiger partial charge on any atom is -0.384 e. The van der Waals surface area contributed by atoms with Gasteiger partial charge in [0.1, 0.15) is 5.82 Å². The van der Waals surface area contributed by atoms with Crippen molar-refractivity contribution < 1.29 is 0 Å². The molecule has 1 fully saturated rings. The normalized spacial score (nSPS) is 22.5. The SMILES string of the molecule is CC(C1CC1)n1nc2c(c1N)CCCC2. The van der Waals surface area contributed by atoms with E-state index < -0.39 is 0 Å². The van der Waals surface area contributed by atoms with Crippen LogP contribution in [-0.2, 0) is 12.8 Å². The van der Waals surface area contributed by atoms with Gasteiger partial charge in [-0.25, -0.2) is 4.68 Å². The molecule has 0 radical (unpaired) electrons. The molecule has 1 aromatic rings. The number of fused-ring (bicyclic) bond motifs is 1. The Labute approximate surface area is 90.7 Å². The van der Waals surface area contributed by atoms with E-state index in [2.05, 4.69) is 11.6 Å². The molecule has 2 aliphatic carbocycles. The highest BCUT2D eigenvalue weighted by molar-refractivity contribution is 5.45. The summed E-state index contributed by atoms with van der Waals surface area (Å²) in [4.78, 5) is 0. The highest BCUT2D eigenvalue weighted by atomic mass is 15.3. The van der Waals surface area contributed by atoms with Crippen LogP contribution in [0.4, 0.5) is 5.82 Å². The number of hydrogen-bond donors (Lipinski definition) is 1. The lowest BCUT2D eigenvalue weighted by Crippen LogP contribution is -2.12. The molecular formula is C12H19N3. The molecule has 3 heteroatoms. The van der Waals surface area contributed by atoms with Gasteiger partial charge in [0.15, 0.2) is 0 Å². The van der Waals surface area contributed by atoms with E-state index in [1.165, 1.54) is 36.9 Å². The third kappa shape index (κ3) is 1.45. The Morgan fingerprint density at radius 1 is 1.33 bits per heavy atom. The number of aromatic nitrogens is 2. The Morgan fingerprint density at radius 3 is 2.73 bits per heavy atom. The maximum absolute atomic E-state index is 6.19. The summed E-state index contributed by atoms with van der Waals surface area (Å²) in [6, 6.07) is 0.510. The van der Waals surface area contributed by atoms with Crippen LogP contribution in [0.2, 0.25) is 0 Å². The molecule has 15 heavy (non-hydrogen) atoms. The van der Waals surface area contributed by atoms with Gasteiger partial charge in [-0.3, -0.25) is 0 Å². The molecule has 0 bridgehead atoms. The second kappa shape index (κ2) is 3.26. The van der Waals surface area contributed by atoms with Gasteiger partial charge in [0, 0.05) is 5.56 Å². The molecule has 3 rings (SSSR count). The minimum atomic E-state index is 0.510. The number of nitrogens with zero attached hydrogens (tertiary/aromatic N) is 2. The molecule has 1 heterocycles.